The number of halogens is 1. The van der Waals surface area contributed by atoms with E-state index in [1.54, 1.807) is 36.4 Å². The first-order valence-electron chi connectivity index (χ1n) is 8.63. The van der Waals surface area contributed by atoms with Gasteiger partial charge in [-0.2, -0.15) is 0 Å². The maximum atomic E-state index is 12.6. The topological polar surface area (TPSA) is 66.5 Å². The number of likely N-dealkylation sites (tertiary alicyclic amines) is 1. The molecule has 0 bridgehead atoms. The average molecular weight is 393 g/mol. The van der Waals surface area contributed by atoms with Crippen molar-refractivity contribution in [2.24, 2.45) is 0 Å². The predicted molar refractivity (Wildman–Crippen MR) is 103 cm³/mol. The lowest BCUT2D eigenvalue weighted by molar-refractivity contribution is 0.0761. The molecule has 0 atom stereocenters. The summed E-state index contributed by atoms with van der Waals surface area (Å²) in [6.45, 7) is 1.56. The van der Waals surface area contributed by atoms with Crippen molar-refractivity contribution in [3.63, 3.8) is 0 Å². The van der Waals surface area contributed by atoms with Gasteiger partial charge in [0.15, 0.2) is 0 Å². The largest absolute Gasteiger partial charge is 0.339 e. The second kappa shape index (κ2) is 8.10. The van der Waals surface area contributed by atoms with Crippen LogP contribution in [0.25, 0.3) is 0 Å². The third kappa shape index (κ3) is 4.56. The number of carbonyl (C=O) groups excluding carboxylic acids is 1. The molecule has 0 aromatic heterocycles. The van der Waals surface area contributed by atoms with E-state index in [1.165, 1.54) is 12.1 Å². The molecule has 5 nitrogen and oxygen atoms in total. The van der Waals surface area contributed by atoms with Gasteiger partial charge in [0.25, 0.3) is 15.9 Å². The Morgan fingerprint density at radius 1 is 0.962 bits per heavy atom. The summed E-state index contributed by atoms with van der Waals surface area (Å²) >= 11 is 5.86. The van der Waals surface area contributed by atoms with E-state index in [9.17, 15) is 13.2 Å². The van der Waals surface area contributed by atoms with Crippen molar-refractivity contribution in [2.45, 2.75) is 30.6 Å². The molecule has 1 aliphatic rings. The van der Waals surface area contributed by atoms with Crippen molar-refractivity contribution >= 4 is 33.2 Å². The van der Waals surface area contributed by atoms with E-state index >= 15 is 0 Å². The lowest BCUT2D eigenvalue weighted by Crippen LogP contribution is -2.31. The third-order valence-electron chi connectivity index (χ3n) is 4.38. The molecule has 3 rings (SSSR count). The first kappa shape index (κ1) is 18.7. The fourth-order valence-corrected chi connectivity index (χ4v) is 4.34. The van der Waals surface area contributed by atoms with Crippen LogP contribution in [0.3, 0.4) is 0 Å². The average Bonchev–Trinajstić information content (AvgIpc) is 2.91. The maximum absolute atomic E-state index is 12.6. The van der Waals surface area contributed by atoms with Gasteiger partial charge in [0, 0.05) is 29.4 Å². The second-order valence-corrected chi connectivity index (χ2v) is 8.47. The molecule has 0 radical (unpaired) electrons. The number of benzene rings is 2. The molecule has 1 N–H and O–H groups in total. The van der Waals surface area contributed by atoms with Crippen LogP contribution < -0.4 is 4.72 Å². The van der Waals surface area contributed by atoms with Crippen molar-refractivity contribution in [3.05, 3.63) is 59.1 Å². The molecule has 2 aromatic rings. The zero-order valence-electron chi connectivity index (χ0n) is 14.3. The van der Waals surface area contributed by atoms with E-state index in [-0.39, 0.29) is 10.8 Å². The van der Waals surface area contributed by atoms with Gasteiger partial charge in [0.2, 0.25) is 0 Å². The van der Waals surface area contributed by atoms with Gasteiger partial charge < -0.3 is 4.90 Å². The van der Waals surface area contributed by atoms with E-state index < -0.39 is 10.0 Å². The van der Waals surface area contributed by atoms with Crippen LogP contribution >= 0.6 is 11.6 Å². The maximum Gasteiger partial charge on any atom is 0.261 e. The Morgan fingerprint density at radius 3 is 2.23 bits per heavy atom. The number of amides is 1. The summed E-state index contributed by atoms with van der Waals surface area (Å²) in [5.41, 5.74) is 0.968. The zero-order chi connectivity index (χ0) is 18.6. The van der Waals surface area contributed by atoms with Gasteiger partial charge in [-0.25, -0.2) is 8.42 Å². The van der Waals surface area contributed by atoms with Crippen LogP contribution in [0, 0.1) is 0 Å². The highest BCUT2D eigenvalue weighted by atomic mass is 35.5. The number of sulfonamides is 1. The van der Waals surface area contributed by atoms with Gasteiger partial charge in [-0.05, 0) is 55.3 Å². The summed E-state index contributed by atoms with van der Waals surface area (Å²) in [7, 11) is -3.72. The normalized spacial score (nSPS) is 15.3. The van der Waals surface area contributed by atoms with Crippen molar-refractivity contribution in [1.29, 1.82) is 0 Å². The van der Waals surface area contributed by atoms with Crippen molar-refractivity contribution in [3.8, 4) is 0 Å². The molecule has 2 aromatic carbocycles. The minimum atomic E-state index is -3.72. The van der Waals surface area contributed by atoms with Crippen LogP contribution in [0.2, 0.25) is 5.02 Å². The number of nitrogens with zero attached hydrogens (tertiary/aromatic N) is 1. The number of nitrogens with one attached hydrogen (secondary N) is 1. The lowest BCUT2D eigenvalue weighted by atomic mass is 10.2. The van der Waals surface area contributed by atoms with Crippen LogP contribution in [0.1, 0.15) is 36.0 Å². The molecule has 138 valence electrons. The van der Waals surface area contributed by atoms with Gasteiger partial charge in [0.05, 0.1) is 4.90 Å². The van der Waals surface area contributed by atoms with Crippen LogP contribution in [0.4, 0.5) is 5.69 Å². The Labute approximate surface area is 159 Å². The molecule has 1 aliphatic heterocycles. The molecule has 1 fully saturated rings. The highest BCUT2D eigenvalue weighted by Crippen LogP contribution is 2.20. The van der Waals surface area contributed by atoms with Gasteiger partial charge >= 0.3 is 0 Å². The first-order chi connectivity index (χ1) is 12.5. The van der Waals surface area contributed by atoms with E-state index in [4.69, 9.17) is 11.6 Å². The SMILES string of the molecule is O=C(c1ccc(NS(=O)(=O)c2cccc(Cl)c2)cc1)N1CCCCCC1. The Bertz CT molecular complexity index is 874. The number of hydrogen-bond donors (Lipinski definition) is 1. The minimum absolute atomic E-state index is 0.00357. The number of rotatable bonds is 4. The number of anilines is 1. The monoisotopic (exact) mass is 392 g/mol. The van der Waals surface area contributed by atoms with Crippen LogP contribution in [-0.2, 0) is 10.0 Å². The predicted octanol–water partition coefficient (Wildman–Crippen LogP) is 4.16. The van der Waals surface area contributed by atoms with Gasteiger partial charge in [0.1, 0.15) is 0 Å². The molecule has 26 heavy (non-hydrogen) atoms. The van der Waals surface area contributed by atoms with Crippen molar-refractivity contribution < 1.29 is 13.2 Å². The Morgan fingerprint density at radius 2 is 1.62 bits per heavy atom. The molecule has 7 heteroatoms. The van der Waals surface area contributed by atoms with Crippen LogP contribution in [-0.4, -0.2) is 32.3 Å². The van der Waals surface area contributed by atoms with Crippen LogP contribution in [0.15, 0.2) is 53.4 Å². The molecular weight excluding hydrogens is 372 g/mol. The molecule has 0 aliphatic carbocycles. The second-order valence-electron chi connectivity index (χ2n) is 6.35. The summed E-state index contributed by atoms with van der Waals surface area (Å²) in [6.07, 6.45) is 4.38. The van der Waals surface area contributed by atoms with E-state index in [1.807, 2.05) is 4.90 Å². The molecule has 1 saturated heterocycles. The number of carbonyl (C=O) groups is 1. The van der Waals surface area contributed by atoms with E-state index in [0.717, 1.165) is 38.8 Å². The van der Waals surface area contributed by atoms with Crippen molar-refractivity contribution in [1.82, 2.24) is 4.90 Å². The lowest BCUT2D eigenvalue weighted by Gasteiger charge is -2.20. The van der Waals surface area contributed by atoms with Gasteiger partial charge in [-0.1, -0.05) is 30.5 Å². The third-order valence-corrected chi connectivity index (χ3v) is 6.00. The fourth-order valence-electron chi connectivity index (χ4n) is 2.99. The van der Waals surface area contributed by atoms with E-state index in [0.29, 0.717) is 16.3 Å². The zero-order valence-corrected chi connectivity index (χ0v) is 15.9. The standard InChI is InChI=1S/C19H21ClN2O3S/c20-16-6-5-7-18(14-16)26(24,25)21-17-10-8-15(9-11-17)19(23)22-12-3-1-2-4-13-22/h5-11,14,21H,1-4,12-13H2. The summed E-state index contributed by atoms with van der Waals surface area (Å²) in [5, 5.41) is 0.353. The molecule has 0 saturated carbocycles. The van der Waals surface area contributed by atoms with Crippen LogP contribution in [0.5, 0.6) is 0 Å². The van der Waals surface area contributed by atoms with Crippen molar-refractivity contribution in [2.75, 3.05) is 17.8 Å². The van der Waals surface area contributed by atoms with E-state index in [2.05, 4.69) is 4.72 Å². The molecule has 0 unspecified atom stereocenters. The highest BCUT2D eigenvalue weighted by molar-refractivity contribution is 7.92. The Hall–Kier alpha value is -2.05. The molecule has 1 heterocycles. The minimum Gasteiger partial charge on any atom is -0.339 e. The van der Waals surface area contributed by atoms with Gasteiger partial charge in [-0.3, -0.25) is 9.52 Å². The Kier molecular flexibility index (Phi) is 5.84. The smallest absolute Gasteiger partial charge is 0.261 e. The fraction of sp³-hybridized carbons (Fsp3) is 0.316. The summed E-state index contributed by atoms with van der Waals surface area (Å²) < 4.78 is 27.3. The number of hydrogen-bond acceptors (Lipinski definition) is 3. The summed E-state index contributed by atoms with van der Waals surface area (Å²) in [4.78, 5) is 14.5. The molecule has 1 amide bonds. The van der Waals surface area contributed by atoms with Gasteiger partial charge in [-0.15, -0.1) is 0 Å². The molecule has 0 spiro atoms. The summed E-state index contributed by atoms with van der Waals surface area (Å²) in [5.74, 6) is -0.00357. The summed E-state index contributed by atoms with van der Waals surface area (Å²) in [6, 6.07) is 12.6. The Balaban J connectivity index is 1.72. The first-order valence-corrected chi connectivity index (χ1v) is 10.5. The quantitative estimate of drug-likeness (QED) is 0.849. The highest BCUT2D eigenvalue weighted by Gasteiger charge is 2.18. The molecular formula is C19H21ClN2O3S.